The third-order valence-electron chi connectivity index (χ3n) is 4.96. The first-order chi connectivity index (χ1) is 16.3. The van der Waals surface area contributed by atoms with Crippen LogP contribution in [0.15, 0.2) is 65.7 Å². The Kier molecular flexibility index (Phi) is 7.01. The second-order valence-electron chi connectivity index (χ2n) is 7.28. The zero-order valence-corrected chi connectivity index (χ0v) is 18.9. The number of hydrogen-bond donors (Lipinski definition) is 1. The van der Waals surface area contributed by atoms with Crippen molar-refractivity contribution in [2.24, 2.45) is 0 Å². The van der Waals surface area contributed by atoms with Crippen molar-refractivity contribution >= 4 is 23.3 Å². The second-order valence-corrected chi connectivity index (χ2v) is 8.27. The molecule has 0 unspecified atom stereocenters. The van der Waals surface area contributed by atoms with Gasteiger partial charge in [-0.3, -0.25) is 4.79 Å². The maximum absolute atomic E-state index is 12.7. The van der Waals surface area contributed by atoms with E-state index in [0.29, 0.717) is 46.5 Å². The molecule has 11 heteroatoms. The van der Waals surface area contributed by atoms with Crippen LogP contribution in [0.25, 0.3) is 5.65 Å². The summed E-state index contributed by atoms with van der Waals surface area (Å²) in [5.41, 5.74) is 1.17. The number of rotatable bonds is 8. The van der Waals surface area contributed by atoms with Crippen molar-refractivity contribution in [1.82, 2.24) is 25.1 Å². The predicted molar refractivity (Wildman–Crippen MR) is 121 cm³/mol. The average Bonchev–Trinajstić information content (AvgIpc) is 3.24. The highest BCUT2D eigenvalue weighted by molar-refractivity contribution is 7.98. The highest BCUT2D eigenvalue weighted by atomic mass is 32.2. The summed E-state index contributed by atoms with van der Waals surface area (Å²) >= 11 is 1.39. The molecule has 2 aromatic carbocycles. The Morgan fingerprint density at radius 2 is 1.76 bits per heavy atom. The van der Waals surface area contributed by atoms with Gasteiger partial charge in [-0.25, -0.2) is 0 Å². The second kappa shape index (κ2) is 10.1. The van der Waals surface area contributed by atoms with Gasteiger partial charge in [0.15, 0.2) is 11.5 Å². The summed E-state index contributed by atoms with van der Waals surface area (Å²) < 4.78 is 44.8. The number of hydrogen-bond acceptors (Lipinski definition) is 6. The van der Waals surface area contributed by atoms with Gasteiger partial charge in [0.1, 0.15) is 10.8 Å². The van der Waals surface area contributed by atoms with E-state index in [9.17, 15) is 18.0 Å². The summed E-state index contributed by atoms with van der Waals surface area (Å²) in [7, 11) is 1.56. The molecule has 0 fully saturated rings. The van der Waals surface area contributed by atoms with Crippen LogP contribution in [0.2, 0.25) is 0 Å². The van der Waals surface area contributed by atoms with Crippen LogP contribution in [0.5, 0.6) is 5.75 Å². The van der Waals surface area contributed by atoms with Gasteiger partial charge in [0.2, 0.25) is 0 Å². The minimum atomic E-state index is -4.35. The molecule has 4 rings (SSSR count). The molecule has 0 atom stereocenters. The van der Waals surface area contributed by atoms with Crippen molar-refractivity contribution < 1.29 is 22.7 Å². The first-order valence-corrected chi connectivity index (χ1v) is 11.2. The number of alkyl halides is 3. The number of thioether (sulfide) groups is 1. The van der Waals surface area contributed by atoms with Gasteiger partial charge >= 0.3 is 6.18 Å². The summed E-state index contributed by atoms with van der Waals surface area (Å²) in [6.07, 6.45) is -3.93. The lowest BCUT2D eigenvalue weighted by atomic mass is 10.1. The number of benzene rings is 2. The van der Waals surface area contributed by atoms with Crippen LogP contribution in [-0.4, -0.2) is 39.4 Å². The lowest BCUT2D eigenvalue weighted by molar-refractivity contribution is -0.137. The fourth-order valence-corrected chi connectivity index (χ4v) is 3.94. The number of nitrogens with one attached hydrogen (secondary N) is 1. The van der Waals surface area contributed by atoms with Crippen LogP contribution in [0.4, 0.5) is 13.2 Å². The van der Waals surface area contributed by atoms with E-state index in [0.717, 1.165) is 17.7 Å². The van der Waals surface area contributed by atoms with E-state index >= 15 is 0 Å². The molecule has 7 nitrogen and oxygen atoms in total. The normalized spacial score (nSPS) is 11.5. The predicted octanol–water partition coefficient (Wildman–Crippen LogP) is 4.42. The van der Waals surface area contributed by atoms with Crippen molar-refractivity contribution in [3.05, 3.63) is 83.2 Å². The summed E-state index contributed by atoms with van der Waals surface area (Å²) in [6, 6.07) is 15.4. The smallest absolute Gasteiger partial charge is 0.416 e. The fraction of sp³-hybridized carbons (Fsp3) is 0.217. The molecule has 0 radical (unpaired) electrons. The van der Waals surface area contributed by atoms with Crippen molar-refractivity contribution in [3.63, 3.8) is 0 Å². The number of ether oxygens (including phenoxy) is 1. The third-order valence-corrected chi connectivity index (χ3v) is 5.95. The Labute approximate surface area is 197 Å². The number of carbonyl (C=O) groups is 1. The molecule has 0 saturated heterocycles. The van der Waals surface area contributed by atoms with Gasteiger partial charge < -0.3 is 10.1 Å². The average molecular weight is 488 g/mol. The molecular weight excluding hydrogens is 467 g/mol. The lowest BCUT2D eigenvalue weighted by Crippen LogP contribution is -2.26. The molecule has 4 aromatic rings. The van der Waals surface area contributed by atoms with E-state index in [-0.39, 0.29) is 5.91 Å². The number of carbonyl (C=O) groups excluding carboxylic acids is 1. The molecule has 0 bridgehead atoms. The number of aromatic nitrogens is 4. The zero-order chi connectivity index (χ0) is 24.1. The highest BCUT2D eigenvalue weighted by Gasteiger charge is 2.29. The molecule has 34 heavy (non-hydrogen) atoms. The molecule has 0 spiro atoms. The Balaban J connectivity index is 1.35. The third kappa shape index (κ3) is 5.66. The number of halogens is 3. The summed E-state index contributed by atoms with van der Waals surface area (Å²) in [6.45, 7) is 0.344. The van der Waals surface area contributed by atoms with Gasteiger partial charge in [-0.2, -0.15) is 22.8 Å². The largest absolute Gasteiger partial charge is 0.497 e. The monoisotopic (exact) mass is 487 g/mol. The Morgan fingerprint density at radius 1 is 1.03 bits per heavy atom. The van der Waals surface area contributed by atoms with Crippen LogP contribution in [0, 0.1) is 0 Å². The van der Waals surface area contributed by atoms with Crippen molar-refractivity contribution in [2.45, 2.75) is 23.4 Å². The van der Waals surface area contributed by atoms with Crippen molar-refractivity contribution in [3.8, 4) is 5.75 Å². The van der Waals surface area contributed by atoms with Gasteiger partial charge in [-0.1, -0.05) is 23.9 Å². The number of fused-ring (bicyclic) bond motifs is 1. The molecule has 0 saturated carbocycles. The quantitative estimate of drug-likeness (QED) is 0.371. The zero-order valence-electron chi connectivity index (χ0n) is 18.0. The first-order valence-electron chi connectivity index (χ1n) is 10.3. The van der Waals surface area contributed by atoms with Crippen LogP contribution in [-0.2, 0) is 18.3 Å². The van der Waals surface area contributed by atoms with Crippen LogP contribution in [0.1, 0.15) is 27.3 Å². The fourth-order valence-electron chi connectivity index (χ4n) is 3.13. The summed E-state index contributed by atoms with van der Waals surface area (Å²) in [5, 5.41) is 16.3. The topological polar surface area (TPSA) is 81.4 Å². The van der Waals surface area contributed by atoms with Crippen LogP contribution in [0.3, 0.4) is 0 Å². The van der Waals surface area contributed by atoms with Crippen LogP contribution >= 0.6 is 11.8 Å². The number of methoxy groups -OCH3 is 1. The van der Waals surface area contributed by atoms with E-state index in [1.165, 1.54) is 23.9 Å². The Bertz CT molecular complexity index is 1270. The van der Waals surface area contributed by atoms with Gasteiger partial charge in [-0.15, -0.1) is 10.2 Å². The molecular formula is C23H20F3N5O2S. The van der Waals surface area contributed by atoms with E-state index in [1.54, 1.807) is 48.0 Å². The van der Waals surface area contributed by atoms with Gasteiger partial charge in [0, 0.05) is 24.3 Å². The molecule has 2 aromatic heterocycles. The van der Waals surface area contributed by atoms with Gasteiger partial charge in [-0.05, 0) is 54.1 Å². The lowest BCUT2D eigenvalue weighted by Gasteiger charge is -2.08. The summed E-state index contributed by atoms with van der Waals surface area (Å²) in [5.74, 6) is 1.51. The SMILES string of the molecule is COc1ccc(C(=O)NCCc2nnc3ccc(SCc4ccc(C(F)(F)F)cc4)nn23)cc1. The van der Waals surface area contributed by atoms with E-state index in [4.69, 9.17) is 4.74 Å². The molecule has 0 aliphatic rings. The van der Waals surface area contributed by atoms with E-state index in [1.807, 2.05) is 0 Å². The summed E-state index contributed by atoms with van der Waals surface area (Å²) in [4.78, 5) is 12.3. The van der Waals surface area contributed by atoms with E-state index < -0.39 is 11.7 Å². The van der Waals surface area contributed by atoms with Gasteiger partial charge in [0.05, 0.1) is 12.7 Å². The van der Waals surface area contributed by atoms with Crippen LogP contribution < -0.4 is 10.1 Å². The molecule has 1 N–H and O–H groups in total. The standard InChI is InChI=1S/C23H20F3N5O2S/c1-33-18-8-4-16(5-9-18)22(32)27-13-12-20-29-28-19-10-11-21(30-31(19)20)34-14-15-2-6-17(7-3-15)23(24,25)26/h2-11H,12-14H2,1H3,(H,27,32). The molecule has 2 heterocycles. The maximum Gasteiger partial charge on any atom is 0.416 e. The molecule has 176 valence electrons. The number of amides is 1. The molecule has 0 aliphatic heterocycles. The number of nitrogens with zero attached hydrogens (tertiary/aromatic N) is 4. The molecule has 1 amide bonds. The van der Waals surface area contributed by atoms with Gasteiger partial charge in [0.25, 0.3) is 5.91 Å². The minimum Gasteiger partial charge on any atom is -0.497 e. The highest BCUT2D eigenvalue weighted by Crippen LogP contribution is 2.30. The Hall–Kier alpha value is -3.60. The van der Waals surface area contributed by atoms with E-state index in [2.05, 4.69) is 20.6 Å². The minimum absolute atomic E-state index is 0.211. The van der Waals surface area contributed by atoms with Crippen molar-refractivity contribution in [1.29, 1.82) is 0 Å². The maximum atomic E-state index is 12.7. The first kappa shape index (κ1) is 23.6. The molecule has 0 aliphatic carbocycles. The Morgan fingerprint density at radius 3 is 2.44 bits per heavy atom. The van der Waals surface area contributed by atoms with Crippen molar-refractivity contribution in [2.75, 3.05) is 13.7 Å².